The molecule has 1 saturated heterocycles. The number of aliphatic hydroxyl groups is 1. The summed E-state index contributed by atoms with van der Waals surface area (Å²) in [7, 11) is 1.46. The van der Waals surface area contributed by atoms with Crippen molar-refractivity contribution in [1.29, 1.82) is 0 Å². The van der Waals surface area contributed by atoms with E-state index in [-0.39, 0.29) is 24.2 Å². The van der Waals surface area contributed by atoms with Gasteiger partial charge in [0.15, 0.2) is 6.10 Å². The summed E-state index contributed by atoms with van der Waals surface area (Å²) >= 11 is 3.43. The van der Waals surface area contributed by atoms with Gasteiger partial charge in [0, 0.05) is 48.2 Å². The fourth-order valence-electron chi connectivity index (χ4n) is 8.27. The third-order valence-corrected chi connectivity index (χ3v) is 11.2. The lowest BCUT2D eigenvalue weighted by Crippen LogP contribution is -2.57. The Labute approximate surface area is 282 Å². The standard InChI is InChI=1S/C36H42BrNO9/c1-18-15-19(2)36-23(12-13-25-28(36)29(39)20(3)31(32(25)47-36)46-34(41)26-11-8-14-38-26)16-27(43-5)35(42)45-30(18)21(4)44-33(40)24-10-7-6-9-22(24)17-37/h6-15,18,20-21,23,25,27-32,38-39H,16-17H2,1-5H3/b19-15+/t18-,20-,21-,23?,25-,27+,28+,29-,30+,31-,32-,36+/m1/s1. The van der Waals surface area contributed by atoms with Gasteiger partial charge >= 0.3 is 17.9 Å². The van der Waals surface area contributed by atoms with Gasteiger partial charge in [0.05, 0.1) is 11.7 Å². The van der Waals surface area contributed by atoms with E-state index in [0.717, 1.165) is 11.1 Å². The molecule has 4 bridgehead atoms. The number of cyclic esters (lactones) is 1. The van der Waals surface area contributed by atoms with Crippen molar-refractivity contribution in [3.63, 3.8) is 0 Å². The average molecular weight is 713 g/mol. The molecule has 2 fully saturated rings. The molecule has 4 aliphatic rings. The number of benzene rings is 1. The highest BCUT2D eigenvalue weighted by Gasteiger charge is 2.69. The topological polar surface area (TPSA) is 133 Å². The molecule has 47 heavy (non-hydrogen) atoms. The number of hydrogen-bond donors (Lipinski definition) is 2. The molecule has 0 radical (unpaired) electrons. The summed E-state index contributed by atoms with van der Waals surface area (Å²) in [5.41, 5.74) is 1.39. The number of aromatic nitrogens is 1. The summed E-state index contributed by atoms with van der Waals surface area (Å²) in [6, 6.07) is 10.5. The Bertz CT molecular complexity index is 1550. The molecule has 1 aromatic carbocycles. The van der Waals surface area contributed by atoms with E-state index in [1.54, 1.807) is 37.4 Å². The van der Waals surface area contributed by atoms with Crippen LogP contribution in [0, 0.1) is 29.6 Å². The minimum atomic E-state index is -1.01. The van der Waals surface area contributed by atoms with E-state index < -0.39 is 72.0 Å². The van der Waals surface area contributed by atoms with Crippen LogP contribution >= 0.6 is 15.9 Å². The second-order valence-electron chi connectivity index (χ2n) is 13.2. The fraction of sp³-hybridized carbons (Fsp3) is 0.528. The Morgan fingerprint density at radius 2 is 1.91 bits per heavy atom. The number of carbonyl (C=O) groups is 3. The van der Waals surface area contributed by atoms with Crippen LogP contribution in [0.1, 0.15) is 60.5 Å². The largest absolute Gasteiger partial charge is 0.456 e. The number of methoxy groups -OCH3 is 1. The van der Waals surface area contributed by atoms with Crippen molar-refractivity contribution in [2.75, 3.05) is 7.11 Å². The lowest BCUT2D eigenvalue weighted by Gasteiger charge is -2.48. The zero-order valence-electron chi connectivity index (χ0n) is 27.1. The van der Waals surface area contributed by atoms with Gasteiger partial charge in [0.2, 0.25) is 0 Å². The van der Waals surface area contributed by atoms with Crippen LogP contribution in [0.3, 0.4) is 0 Å². The summed E-state index contributed by atoms with van der Waals surface area (Å²) < 4.78 is 30.8. The van der Waals surface area contributed by atoms with Crippen LogP contribution in [0.15, 0.2) is 66.4 Å². The molecule has 11 heteroatoms. The van der Waals surface area contributed by atoms with Gasteiger partial charge in [-0.2, -0.15) is 0 Å². The molecule has 1 spiro atoms. The first-order chi connectivity index (χ1) is 22.5. The van der Waals surface area contributed by atoms with Crippen molar-refractivity contribution < 1.29 is 43.2 Å². The maximum atomic E-state index is 13.7. The number of H-pyrrole nitrogens is 1. The van der Waals surface area contributed by atoms with E-state index in [9.17, 15) is 19.5 Å². The highest BCUT2D eigenvalue weighted by atomic mass is 79.9. The number of esters is 3. The summed E-state index contributed by atoms with van der Waals surface area (Å²) in [6.45, 7) is 7.48. The average Bonchev–Trinajstić information content (AvgIpc) is 3.67. The zero-order chi connectivity index (χ0) is 33.6. The van der Waals surface area contributed by atoms with Gasteiger partial charge in [-0.15, -0.1) is 0 Å². The van der Waals surface area contributed by atoms with Crippen LogP contribution < -0.4 is 0 Å². The van der Waals surface area contributed by atoms with E-state index in [1.165, 1.54) is 7.11 Å². The van der Waals surface area contributed by atoms with Crippen LogP contribution in [-0.4, -0.2) is 77.3 Å². The second kappa shape index (κ2) is 13.3. The molecule has 1 unspecified atom stereocenters. The monoisotopic (exact) mass is 711 g/mol. The van der Waals surface area contributed by atoms with Crippen molar-refractivity contribution in [2.45, 2.75) is 81.7 Å². The summed E-state index contributed by atoms with van der Waals surface area (Å²) in [5.74, 6) is -3.35. The molecule has 1 saturated carbocycles. The Kier molecular flexibility index (Phi) is 9.55. The maximum absolute atomic E-state index is 13.7. The van der Waals surface area contributed by atoms with E-state index in [1.807, 2.05) is 51.1 Å². The Balaban J connectivity index is 1.35. The molecular formula is C36H42BrNO9. The minimum Gasteiger partial charge on any atom is -0.456 e. The third kappa shape index (κ3) is 5.79. The highest BCUT2D eigenvalue weighted by molar-refractivity contribution is 9.08. The van der Waals surface area contributed by atoms with Crippen molar-refractivity contribution in [3.8, 4) is 0 Å². The van der Waals surface area contributed by atoms with Gasteiger partial charge in [-0.05, 0) is 49.6 Å². The molecule has 1 aromatic heterocycles. The Hall–Kier alpha value is -3.25. The van der Waals surface area contributed by atoms with Gasteiger partial charge in [0.25, 0.3) is 0 Å². The number of nitrogens with one attached hydrogen (secondary N) is 1. The summed E-state index contributed by atoms with van der Waals surface area (Å²) in [5, 5.41) is 12.4. The second-order valence-corrected chi connectivity index (χ2v) is 13.8. The van der Waals surface area contributed by atoms with E-state index in [2.05, 4.69) is 20.9 Å². The lowest BCUT2D eigenvalue weighted by molar-refractivity contribution is -0.172. The van der Waals surface area contributed by atoms with Crippen molar-refractivity contribution in [2.24, 2.45) is 29.6 Å². The molecule has 2 aromatic rings. The fourth-order valence-corrected chi connectivity index (χ4v) is 8.75. The van der Waals surface area contributed by atoms with Gasteiger partial charge in [-0.1, -0.05) is 66.2 Å². The molecular weight excluding hydrogens is 670 g/mol. The molecule has 252 valence electrons. The summed E-state index contributed by atoms with van der Waals surface area (Å²) in [6.07, 6.45) is 3.29. The predicted octanol–water partition coefficient (Wildman–Crippen LogP) is 5.16. The quantitative estimate of drug-likeness (QED) is 0.173. The van der Waals surface area contributed by atoms with Crippen LogP contribution in [-0.2, 0) is 33.8 Å². The molecule has 3 heterocycles. The minimum absolute atomic E-state index is 0.224. The van der Waals surface area contributed by atoms with Gasteiger partial charge in [0.1, 0.15) is 35.7 Å². The van der Waals surface area contributed by atoms with E-state index in [4.69, 9.17) is 23.7 Å². The zero-order valence-corrected chi connectivity index (χ0v) is 28.7. The first-order valence-corrected chi connectivity index (χ1v) is 17.3. The third-order valence-electron chi connectivity index (χ3n) is 10.6. The van der Waals surface area contributed by atoms with E-state index in [0.29, 0.717) is 16.6 Å². The number of ether oxygens (including phenoxy) is 5. The predicted molar refractivity (Wildman–Crippen MR) is 175 cm³/mol. The Morgan fingerprint density at radius 3 is 2.62 bits per heavy atom. The van der Waals surface area contributed by atoms with Gasteiger partial charge in [-0.25, -0.2) is 14.4 Å². The number of rotatable bonds is 7. The highest BCUT2D eigenvalue weighted by Crippen LogP contribution is 2.61. The number of hydrogen-bond acceptors (Lipinski definition) is 9. The van der Waals surface area contributed by atoms with Crippen LogP contribution in [0.5, 0.6) is 0 Å². The Morgan fingerprint density at radius 1 is 1.15 bits per heavy atom. The smallest absolute Gasteiger partial charge is 0.355 e. The van der Waals surface area contributed by atoms with Crippen molar-refractivity contribution >= 4 is 33.8 Å². The van der Waals surface area contributed by atoms with Crippen molar-refractivity contribution in [1.82, 2.24) is 4.98 Å². The molecule has 10 nitrogen and oxygen atoms in total. The van der Waals surface area contributed by atoms with Crippen LogP contribution in [0.4, 0.5) is 0 Å². The normalized spacial score (nSPS) is 37.9. The molecule has 2 aliphatic carbocycles. The van der Waals surface area contributed by atoms with Crippen molar-refractivity contribution in [3.05, 3.63) is 83.2 Å². The molecule has 2 aliphatic heterocycles. The molecule has 6 rings (SSSR count). The molecule has 12 atom stereocenters. The number of alkyl halides is 1. The number of aromatic amines is 1. The number of halogens is 1. The van der Waals surface area contributed by atoms with Crippen LogP contribution in [0.2, 0.25) is 0 Å². The first kappa shape index (κ1) is 33.6. The molecule has 0 amide bonds. The number of carbonyl (C=O) groups excluding carboxylic acids is 3. The van der Waals surface area contributed by atoms with Crippen LogP contribution in [0.25, 0.3) is 0 Å². The maximum Gasteiger partial charge on any atom is 0.355 e. The summed E-state index contributed by atoms with van der Waals surface area (Å²) in [4.78, 5) is 42.9. The van der Waals surface area contributed by atoms with Gasteiger partial charge in [-0.3, -0.25) is 0 Å². The first-order valence-electron chi connectivity index (χ1n) is 16.2. The lowest BCUT2D eigenvalue weighted by atomic mass is 9.57. The number of aliphatic hydroxyl groups excluding tert-OH is 1. The van der Waals surface area contributed by atoms with E-state index >= 15 is 0 Å². The SMILES string of the molecule is CO[C@H]1CC2C=C[C@H]3[C@H]4O[C@]2(/C(C)=C/[C@@H](C)[C@@H]([C@@H](C)OC(=O)c2ccccc2CBr)OC1=O)[C@@H]3[C@H](O)[C@@H](C)[C@H]4OC(=O)c1ccc[nH]1. The molecule has 2 N–H and O–H groups in total. The van der Waals surface area contributed by atoms with Gasteiger partial charge < -0.3 is 33.8 Å².